The van der Waals surface area contributed by atoms with Crippen molar-refractivity contribution in [3.63, 3.8) is 0 Å². The summed E-state index contributed by atoms with van der Waals surface area (Å²) in [6.07, 6.45) is 1.47. The van der Waals surface area contributed by atoms with E-state index in [0.29, 0.717) is 23.4 Å². The van der Waals surface area contributed by atoms with Crippen LogP contribution in [0.5, 0.6) is 0 Å². The summed E-state index contributed by atoms with van der Waals surface area (Å²) in [4.78, 5) is 12.0. The van der Waals surface area contributed by atoms with E-state index < -0.39 is 15.8 Å². The molecule has 6 nitrogen and oxygen atoms in total. The Bertz CT molecular complexity index is 1270. The quantitative estimate of drug-likeness (QED) is 0.547. The number of allylic oxidation sites excluding steroid dienone is 2. The molecule has 0 unspecified atom stereocenters. The van der Waals surface area contributed by atoms with Crippen molar-refractivity contribution in [1.82, 2.24) is 9.29 Å². The Balaban J connectivity index is 2.22. The topological polar surface area (TPSA) is 94.2 Å². The number of nitrogens with zero attached hydrogens (tertiary/aromatic N) is 1. The van der Waals surface area contributed by atoms with Crippen LogP contribution in [0.1, 0.15) is 25.0 Å². The second-order valence-electron chi connectivity index (χ2n) is 7.19. The molecular weight excluding hydrogens is 417 g/mol. The molecule has 0 aliphatic heterocycles. The normalized spacial score (nSPS) is 12.5. The van der Waals surface area contributed by atoms with Gasteiger partial charge in [-0.05, 0) is 62.4 Å². The van der Waals surface area contributed by atoms with E-state index in [4.69, 9.17) is 5.73 Å². The number of ketones is 1. The van der Waals surface area contributed by atoms with E-state index in [1.807, 2.05) is 0 Å². The van der Waals surface area contributed by atoms with E-state index in [-0.39, 0.29) is 27.5 Å². The molecule has 3 aromatic rings. The number of nitrogens with two attached hydrogens (primary N) is 1. The Morgan fingerprint density at radius 2 is 1.81 bits per heavy atom. The number of rotatable bonds is 7. The largest absolute Gasteiger partial charge is 0.402 e. The Morgan fingerprint density at radius 3 is 2.42 bits per heavy atom. The van der Waals surface area contributed by atoms with Crippen LogP contribution in [0.15, 0.2) is 71.4 Å². The van der Waals surface area contributed by atoms with E-state index in [1.165, 1.54) is 37.4 Å². The standard InChI is InChI=1S/C23H24FN3O3S/c1-15(25)23(16(2)28)18-7-6-8-19(12-18)31(29,30)27-14-17(13-26-3)11-22(27)20-9-4-5-10-21(20)24/h4-12,14,26H,13,25H2,1-3H3. The summed E-state index contributed by atoms with van der Waals surface area (Å²) in [7, 11) is -2.35. The fourth-order valence-electron chi connectivity index (χ4n) is 3.50. The van der Waals surface area contributed by atoms with Gasteiger partial charge in [-0.2, -0.15) is 0 Å². The van der Waals surface area contributed by atoms with Gasteiger partial charge in [0.05, 0.1) is 10.6 Å². The van der Waals surface area contributed by atoms with Gasteiger partial charge in [-0.15, -0.1) is 0 Å². The molecule has 31 heavy (non-hydrogen) atoms. The number of aromatic nitrogens is 1. The number of carbonyl (C=O) groups excluding carboxylic acids is 1. The highest BCUT2D eigenvalue weighted by Crippen LogP contribution is 2.30. The number of Topliss-reactive ketones (excluding diaryl/α,β-unsaturated/α-hetero) is 1. The molecule has 0 amide bonds. The van der Waals surface area contributed by atoms with E-state index in [0.717, 1.165) is 3.97 Å². The minimum Gasteiger partial charge on any atom is -0.402 e. The summed E-state index contributed by atoms with van der Waals surface area (Å²) < 4.78 is 42.7. The van der Waals surface area contributed by atoms with Crippen LogP contribution in [-0.2, 0) is 21.4 Å². The predicted molar refractivity (Wildman–Crippen MR) is 119 cm³/mol. The molecule has 0 saturated carbocycles. The van der Waals surface area contributed by atoms with Crippen molar-refractivity contribution in [2.75, 3.05) is 7.05 Å². The average Bonchev–Trinajstić information content (AvgIpc) is 3.13. The first-order valence-corrected chi connectivity index (χ1v) is 11.0. The summed E-state index contributed by atoms with van der Waals surface area (Å²) >= 11 is 0. The smallest absolute Gasteiger partial charge is 0.268 e. The molecular formula is C23H24FN3O3S. The first kappa shape index (κ1) is 22.5. The van der Waals surface area contributed by atoms with Crippen molar-refractivity contribution >= 4 is 21.4 Å². The molecule has 0 radical (unpaired) electrons. The molecule has 1 aromatic heterocycles. The summed E-state index contributed by atoms with van der Waals surface area (Å²) in [5.74, 6) is -0.791. The van der Waals surface area contributed by atoms with Crippen LogP contribution in [0.3, 0.4) is 0 Å². The van der Waals surface area contributed by atoms with E-state index >= 15 is 0 Å². The van der Waals surface area contributed by atoms with E-state index in [1.54, 1.807) is 44.3 Å². The van der Waals surface area contributed by atoms with Crippen molar-refractivity contribution in [2.24, 2.45) is 5.73 Å². The number of hydrogen-bond donors (Lipinski definition) is 2. The fraction of sp³-hybridized carbons (Fsp3) is 0.174. The number of halogens is 1. The highest BCUT2D eigenvalue weighted by molar-refractivity contribution is 7.90. The molecule has 0 spiro atoms. The molecule has 0 atom stereocenters. The van der Waals surface area contributed by atoms with Gasteiger partial charge >= 0.3 is 0 Å². The zero-order chi connectivity index (χ0) is 22.8. The third-order valence-electron chi connectivity index (χ3n) is 4.80. The van der Waals surface area contributed by atoms with Gasteiger partial charge in [-0.25, -0.2) is 16.8 Å². The Hall–Kier alpha value is -3.23. The van der Waals surface area contributed by atoms with Gasteiger partial charge in [0.1, 0.15) is 5.82 Å². The summed E-state index contributed by atoms with van der Waals surface area (Å²) in [5, 5.41) is 2.97. The highest BCUT2D eigenvalue weighted by atomic mass is 32.2. The minimum atomic E-state index is -4.09. The Kier molecular flexibility index (Phi) is 6.42. The average molecular weight is 442 g/mol. The van der Waals surface area contributed by atoms with E-state index in [2.05, 4.69) is 5.32 Å². The van der Waals surface area contributed by atoms with Gasteiger partial charge in [-0.3, -0.25) is 4.79 Å². The van der Waals surface area contributed by atoms with Crippen molar-refractivity contribution < 1.29 is 17.6 Å². The van der Waals surface area contributed by atoms with Crippen molar-refractivity contribution in [1.29, 1.82) is 0 Å². The molecule has 0 fully saturated rings. The third kappa shape index (κ3) is 4.45. The van der Waals surface area contributed by atoms with Crippen LogP contribution < -0.4 is 11.1 Å². The molecule has 8 heteroatoms. The second kappa shape index (κ2) is 8.87. The van der Waals surface area contributed by atoms with Crippen molar-refractivity contribution in [3.05, 3.63) is 83.4 Å². The summed E-state index contributed by atoms with van der Waals surface area (Å²) in [5.41, 5.74) is 7.88. The number of benzene rings is 2. The second-order valence-corrected chi connectivity index (χ2v) is 9.00. The van der Waals surface area contributed by atoms with Crippen molar-refractivity contribution in [3.8, 4) is 11.3 Å². The summed E-state index contributed by atoms with van der Waals surface area (Å²) in [6, 6.07) is 13.7. The van der Waals surface area contributed by atoms with Gasteiger partial charge in [0, 0.05) is 29.6 Å². The van der Waals surface area contributed by atoms with Crippen LogP contribution in [0.25, 0.3) is 16.8 Å². The molecule has 0 aliphatic carbocycles. The number of nitrogens with one attached hydrogen (secondary N) is 1. The third-order valence-corrected chi connectivity index (χ3v) is 6.47. The van der Waals surface area contributed by atoms with E-state index in [9.17, 15) is 17.6 Å². The monoisotopic (exact) mass is 441 g/mol. The van der Waals surface area contributed by atoms with Gasteiger partial charge in [-0.1, -0.05) is 24.3 Å². The maximum absolute atomic E-state index is 14.5. The molecule has 3 rings (SSSR count). The summed E-state index contributed by atoms with van der Waals surface area (Å²) in [6.45, 7) is 3.37. The lowest BCUT2D eigenvalue weighted by atomic mass is 10.0. The van der Waals surface area contributed by atoms with Crippen LogP contribution >= 0.6 is 0 Å². The molecule has 0 saturated heterocycles. The molecule has 0 bridgehead atoms. The predicted octanol–water partition coefficient (Wildman–Crippen LogP) is 3.53. The molecule has 162 valence electrons. The van der Waals surface area contributed by atoms with Crippen LogP contribution in [0.4, 0.5) is 4.39 Å². The van der Waals surface area contributed by atoms with Crippen LogP contribution in [0, 0.1) is 5.82 Å². The highest BCUT2D eigenvalue weighted by Gasteiger charge is 2.24. The first-order valence-electron chi connectivity index (χ1n) is 9.61. The maximum Gasteiger partial charge on any atom is 0.268 e. The lowest BCUT2D eigenvalue weighted by molar-refractivity contribution is -0.111. The number of hydrogen-bond acceptors (Lipinski definition) is 5. The maximum atomic E-state index is 14.5. The van der Waals surface area contributed by atoms with Crippen LogP contribution in [-0.4, -0.2) is 25.2 Å². The Morgan fingerprint density at radius 1 is 1.10 bits per heavy atom. The van der Waals surface area contributed by atoms with Crippen molar-refractivity contribution in [2.45, 2.75) is 25.3 Å². The Labute approximate surface area is 181 Å². The lowest BCUT2D eigenvalue weighted by Crippen LogP contribution is -2.14. The minimum absolute atomic E-state index is 0.0332. The lowest BCUT2D eigenvalue weighted by Gasteiger charge is -2.13. The van der Waals surface area contributed by atoms with Gasteiger partial charge in [0.15, 0.2) is 5.78 Å². The SMILES string of the molecule is CNCc1cc(-c2ccccc2F)n(S(=O)(=O)c2cccc(C(C(C)=O)=C(C)N)c2)c1. The molecule has 2 aromatic carbocycles. The first-order chi connectivity index (χ1) is 14.7. The zero-order valence-electron chi connectivity index (χ0n) is 17.5. The molecule has 0 aliphatic rings. The van der Waals surface area contributed by atoms with Gasteiger partial charge in [0.25, 0.3) is 10.0 Å². The van der Waals surface area contributed by atoms with Gasteiger partial charge in [0.2, 0.25) is 0 Å². The molecule has 3 N–H and O–H groups in total. The zero-order valence-corrected chi connectivity index (χ0v) is 18.3. The fourth-order valence-corrected chi connectivity index (χ4v) is 4.93. The van der Waals surface area contributed by atoms with Crippen LogP contribution in [0.2, 0.25) is 0 Å². The number of carbonyl (C=O) groups is 1. The van der Waals surface area contributed by atoms with Gasteiger partial charge < -0.3 is 11.1 Å². The molecule has 1 heterocycles.